The summed E-state index contributed by atoms with van der Waals surface area (Å²) in [6.45, 7) is 2.12. The topological polar surface area (TPSA) is 63.7 Å². The lowest BCUT2D eigenvalue weighted by Gasteiger charge is -2.21. The van der Waals surface area contributed by atoms with E-state index in [0.717, 1.165) is 5.56 Å². The molecule has 1 heterocycles. The lowest BCUT2D eigenvalue weighted by molar-refractivity contribution is 0.0600. The molecule has 5 nitrogen and oxygen atoms in total. The normalized spacial score (nSPS) is 13.7. The molecule has 0 N–H and O–H groups in total. The average molecular weight is 331 g/mol. The monoisotopic (exact) mass is 331 g/mol. The van der Waals surface area contributed by atoms with Crippen molar-refractivity contribution in [2.45, 2.75) is 18.2 Å². The standard InChI is InChI=1S/C17H17NO4S/c1-12-7-8-14(17(19)22-2)11-16(12)23(20,21)18-10-9-13-5-3-4-6-15(13)18/h3-8,11H,9-10H2,1-2H3. The van der Waals surface area contributed by atoms with Crippen LogP contribution in [0.15, 0.2) is 47.4 Å². The predicted octanol–water partition coefficient (Wildman–Crippen LogP) is 2.53. The van der Waals surface area contributed by atoms with E-state index in [-0.39, 0.29) is 10.5 Å². The predicted molar refractivity (Wildman–Crippen MR) is 87.2 cm³/mol. The SMILES string of the molecule is COC(=O)c1ccc(C)c(S(=O)(=O)N2CCc3ccccc32)c1. The number of benzene rings is 2. The number of hydrogen-bond donors (Lipinski definition) is 0. The van der Waals surface area contributed by atoms with Gasteiger partial charge in [-0.05, 0) is 42.7 Å². The first-order valence-electron chi connectivity index (χ1n) is 7.25. The van der Waals surface area contributed by atoms with Crippen molar-refractivity contribution in [3.05, 3.63) is 59.2 Å². The van der Waals surface area contributed by atoms with Gasteiger partial charge in [-0.2, -0.15) is 0 Å². The van der Waals surface area contributed by atoms with Crippen LogP contribution in [0.4, 0.5) is 5.69 Å². The summed E-state index contributed by atoms with van der Waals surface area (Å²) >= 11 is 0. The number of nitrogens with zero attached hydrogens (tertiary/aromatic N) is 1. The van der Waals surface area contributed by atoms with Gasteiger partial charge >= 0.3 is 5.97 Å². The van der Waals surface area contributed by atoms with Crippen LogP contribution in [0.2, 0.25) is 0 Å². The Bertz CT molecular complexity index is 874. The van der Waals surface area contributed by atoms with Crippen LogP contribution in [0.3, 0.4) is 0 Å². The second kappa shape index (κ2) is 5.70. The first-order chi connectivity index (χ1) is 10.9. The maximum Gasteiger partial charge on any atom is 0.337 e. The van der Waals surface area contributed by atoms with Gasteiger partial charge in [0, 0.05) is 6.54 Å². The Morgan fingerprint density at radius 3 is 2.65 bits per heavy atom. The van der Waals surface area contributed by atoms with Crippen LogP contribution in [-0.2, 0) is 21.2 Å². The smallest absolute Gasteiger partial charge is 0.337 e. The quantitative estimate of drug-likeness (QED) is 0.811. The molecule has 0 fully saturated rings. The van der Waals surface area contributed by atoms with E-state index < -0.39 is 16.0 Å². The Morgan fingerprint density at radius 1 is 1.17 bits per heavy atom. The summed E-state index contributed by atoms with van der Waals surface area (Å²) in [5, 5.41) is 0. The highest BCUT2D eigenvalue weighted by molar-refractivity contribution is 7.93. The molecule has 0 unspecified atom stereocenters. The average Bonchev–Trinajstić information content (AvgIpc) is 2.99. The molecule has 6 heteroatoms. The second-order valence-corrected chi connectivity index (χ2v) is 7.26. The van der Waals surface area contributed by atoms with Crippen molar-refractivity contribution in [2.24, 2.45) is 0 Å². The van der Waals surface area contributed by atoms with E-state index in [2.05, 4.69) is 4.74 Å². The summed E-state index contributed by atoms with van der Waals surface area (Å²) in [6, 6.07) is 12.0. The number of anilines is 1. The molecule has 1 aliphatic heterocycles. The van der Waals surface area contributed by atoms with Crippen molar-refractivity contribution in [2.75, 3.05) is 18.0 Å². The third-order valence-electron chi connectivity index (χ3n) is 4.02. The van der Waals surface area contributed by atoms with Gasteiger partial charge < -0.3 is 4.74 Å². The number of esters is 1. The van der Waals surface area contributed by atoms with Gasteiger partial charge in [-0.1, -0.05) is 24.3 Å². The first-order valence-corrected chi connectivity index (χ1v) is 8.69. The van der Waals surface area contributed by atoms with Gasteiger partial charge in [0.25, 0.3) is 10.0 Å². The summed E-state index contributed by atoms with van der Waals surface area (Å²) in [4.78, 5) is 11.8. The van der Waals surface area contributed by atoms with Gasteiger partial charge in [0.05, 0.1) is 23.3 Å². The minimum Gasteiger partial charge on any atom is -0.465 e. The fraction of sp³-hybridized carbons (Fsp3) is 0.235. The lowest BCUT2D eigenvalue weighted by atomic mass is 10.1. The third-order valence-corrected chi connectivity index (χ3v) is 5.98. The van der Waals surface area contributed by atoms with E-state index in [9.17, 15) is 13.2 Å². The van der Waals surface area contributed by atoms with Gasteiger partial charge in [-0.3, -0.25) is 4.31 Å². The van der Waals surface area contributed by atoms with Crippen molar-refractivity contribution < 1.29 is 17.9 Å². The van der Waals surface area contributed by atoms with Crippen molar-refractivity contribution >= 4 is 21.7 Å². The molecule has 0 amide bonds. The van der Waals surface area contributed by atoms with Gasteiger partial charge in [-0.15, -0.1) is 0 Å². The van der Waals surface area contributed by atoms with Gasteiger partial charge in [0.1, 0.15) is 0 Å². The largest absolute Gasteiger partial charge is 0.465 e. The summed E-state index contributed by atoms with van der Waals surface area (Å²) in [5.41, 5.74) is 2.54. The first kappa shape index (κ1) is 15.6. The fourth-order valence-electron chi connectivity index (χ4n) is 2.80. The van der Waals surface area contributed by atoms with E-state index in [0.29, 0.717) is 24.2 Å². The van der Waals surface area contributed by atoms with Crippen LogP contribution in [0.1, 0.15) is 21.5 Å². The van der Waals surface area contributed by atoms with Crippen LogP contribution in [0.5, 0.6) is 0 Å². The number of fused-ring (bicyclic) bond motifs is 1. The third kappa shape index (κ3) is 2.59. The molecule has 0 saturated carbocycles. The van der Waals surface area contributed by atoms with E-state index >= 15 is 0 Å². The van der Waals surface area contributed by atoms with Gasteiger partial charge in [0.2, 0.25) is 0 Å². The zero-order valence-electron chi connectivity index (χ0n) is 12.9. The molecule has 3 rings (SSSR count). The molecule has 120 valence electrons. The number of rotatable bonds is 3. The molecular formula is C17H17NO4S. The molecule has 0 saturated heterocycles. The van der Waals surface area contributed by atoms with Crippen molar-refractivity contribution in [3.63, 3.8) is 0 Å². The van der Waals surface area contributed by atoms with E-state index in [4.69, 9.17) is 0 Å². The molecule has 2 aromatic carbocycles. The number of hydrogen-bond acceptors (Lipinski definition) is 4. The van der Waals surface area contributed by atoms with Crippen molar-refractivity contribution in [1.29, 1.82) is 0 Å². The molecule has 0 radical (unpaired) electrons. The molecule has 0 aromatic heterocycles. The van der Waals surface area contributed by atoms with Crippen LogP contribution in [0.25, 0.3) is 0 Å². The number of para-hydroxylation sites is 1. The Balaban J connectivity index is 2.09. The summed E-state index contributed by atoms with van der Waals surface area (Å²) in [5.74, 6) is -0.553. The second-order valence-electron chi connectivity index (χ2n) is 5.43. The Morgan fingerprint density at radius 2 is 1.91 bits per heavy atom. The number of carbonyl (C=O) groups excluding carboxylic acids is 1. The Kier molecular flexibility index (Phi) is 3.85. The van der Waals surface area contributed by atoms with Gasteiger partial charge in [-0.25, -0.2) is 13.2 Å². The number of carbonyl (C=O) groups is 1. The van der Waals surface area contributed by atoms with Crippen molar-refractivity contribution in [1.82, 2.24) is 0 Å². The summed E-state index contributed by atoms with van der Waals surface area (Å²) in [7, 11) is -2.45. The van der Waals surface area contributed by atoms with E-state index in [1.165, 1.54) is 17.5 Å². The minimum atomic E-state index is -3.72. The lowest BCUT2D eigenvalue weighted by Crippen LogP contribution is -2.29. The molecule has 23 heavy (non-hydrogen) atoms. The maximum atomic E-state index is 13.1. The number of ether oxygens (including phenoxy) is 1. The molecule has 1 aliphatic rings. The molecule has 0 aliphatic carbocycles. The highest BCUT2D eigenvalue weighted by atomic mass is 32.2. The molecular weight excluding hydrogens is 314 g/mol. The van der Waals surface area contributed by atoms with Crippen LogP contribution in [0, 0.1) is 6.92 Å². The Labute approximate surface area is 135 Å². The number of aryl methyl sites for hydroxylation is 1. The summed E-state index contributed by atoms with van der Waals surface area (Å²) in [6.07, 6.45) is 0.686. The minimum absolute atomic E-state index is 0.136. The molecule has 0 bridgehead atoms. The van der Waals surface area contributed by atoms with E-state index in [1.54, 1.807) is 25.1 Å². The van der Waals surface area contributed by atoms with E-state index in [1.807, 2.05) is 18.2 Å². The molecule has 2 aromatic rings. The zero-order valence-corrected chi connectivity index (χ0v) is 13.8. The fourth-order valence-corrected chi connectivity index (χ4v) is 4.56. The van der Waals surface area contributed by atoms with Crippen LogP contribution < -0.4 is 4.31 Å². The highest BCUT2D eigenvalue weighted by Crippen LogP contribution is 2.33. The highest BCUT2D eigenvalue weighted by Gasteiger charge is 2.32. The number of methoxy groups -OCH3 is 1. The molecule has 0 atom stereocenters. The maximum absolute atomic E-state index is 13.1. The van der Waals surface area contributed by atoms with Gasteiger partial charge in [0.15, 0.2) is 0 Å². The Hall–Kier alpha value is -2.34. The number of sulfonamides is 1. The van der Waals surface area contributed by atoms with Crippen LogP contribution in [-0.4, -0.2) is 28.0 Å². The van der Waals surface area contributed by atoms with Crippen LogP contribution >= 0.6 is 0 Å². The van der Waals surface area contributed by atoms with Crippen molar-refractivity contribution in [3.8, 4) is 0 Å². The summed E-state index contributed by atoms with van der Waals surface area (Å²) < 4.78 is 32.2. The zero-order chi connectivity index (χ0) is 16.6. The molecule has 0 spiro atoms.